The lowest BCUT2D eigenvalue weighted by Gasteiger charge is -2.17. The maximum absolute atomic E-state index is 12.4. The van der Waals surface area contributed by atoms with E-state index in [1.54, 1.807) is 36.2 Å². The van der Waals surface area contributed by atoms with Gasteiger partial charge >= 0.3 is 0 Å². The van der Waals surface area contributed by atoms with Crippen LogP contribution in [-0.2, 0) is 6.42 Å². The van der Waals surface area contributed by atoms with E-state index in [0.29, 0.717) is 11.1 Å². The predicted octanol–water partition coefficient (Wildman–Crippen LogP) is 3.40. The highest BCUT2D eigenvalue weighted by Gasteiger charge is 2.13. The fourth-order valence-electron chi connectivity index (χ4n) is 1.95. The van der Waals surface area contributed by atoms with Crippen LogP contribution in [0.5, 0.6) is 0 Å². The van der Waals surface area contributed by atoms with Crippen molar-refractivity contribution < 1.29 is 4.79 Å². The van der Waals surface area contributed by atoms with Crippen LogP contribution in [0.25, 0.3) is 0 Å². The van der Waals surface area contributed by atoms with Gasteiger partial charge in [-0.2, -0.15) is 5.26 Å². The second-order valence-corrected chi connectivity index (χ2v) is 4.57. The number of carbonyl (C=O) groups excluding carboxylic acids is 1. The fourth-order valence-corrected chi connectivity index (χ4v) is 1.95. The minimum Gasteiger partial charge on any atom is -0.311 e. The van der Waals surface area contributed by atoms with Crippen LogP contribution in [-0.4, -0.2) is 13.0 Å². The normalized spacial score (nSPS) is 9.85. The summed E-state index contributed by atoms with van der Waals surface area (Å²) in [4.78, 5) is 13.9. The van der Waals surface area contributed by atoms with E-state index in [-0.39, 0.29) is 5.91 Å². The van der Waals surface area contributed by atoms with E-state index in [9.17, 15) is 4.79 Å². The summed E-state index contributed by atoms with van der Waals surface area (Å²) in [5, 5.41) is 8.77. The summed E-state index contributed by atoms with van der Waals surface area (Å²) in [6.45, 7) is 2.08. The van der Waals surface area contributed by atoms with Crippen LogP contribution in [0.4, 0.5) is 5.69 Å². The molecule has 2 aromatic carbocycles. The highest BCUT2D eigenvalue weighted by atomic mass is 16.2. The average molecular weight is 264 g/mol. The van der Waals surface area contributed by atoms with Crippen LogP contribution in [0.1, 0.15) is 28.4 Å². The third-order valence-electron chi connectivity index (χ3n) is 3.30. The van der Waals surface area contributed by atoms with Gasteiger partial charge in [-0.1, -0.05) is 19.1 Å². The summed E-state index contributed by atoms with van der Waals surface area (Å²) < 4.78 is 0. The first kappa shape index (κ1) is 13.8. The molecule has 100 valence electrons. The Kier molecular flexibility index (Phi) is 4.17. The number of nitriles is 1. The number of rotatable bonds is 3. The Labute approximate surface area is 119 Å². The minimum absolute atomic E-state index is 0.0580. The van der Waals surface area contributed by atoms with E-state index in [1.165, 1.54) is 5.56 Å². The molecule has 0 radical (unpaired) electrons. The standard InChI is InChI=1S/C17H16N2O/c1-3-13-4-8-15(9-5-13)17(20)19(2)16-10-6-14(12-18)7-11-16/h4-11H,3H2,1-2H3. The highest BCUT2D eigenvalue weighted by molar-refractivity contribution is 6.05. The van der Waals surface area contributed by atoms with Crippen molar-refractivity contribution in [1.29, 1.82) is 5.26 Å². The van der Waals surface area contributed by atoms with Gasteiger partial charge in [-0.15, -0.1) is 0 Å². The summed E-state index contributed by atoms with van der Waals surface area (Å²) in [6.07, 6.45) is 0.958. The van der Waals surface area contributed by atoms with Gasteiger partial charge in [0, 0.05) is 18.3 Å². The molecule has 0 unspecified atom stereocenters. The maximum Gasteiger partial charge on any atom is 0.258 e. The molecule has 1 amide bonds. The van der Waals surface area contributed by atoms with E-state index in [0.717, 1.165) is 12.1 Å². The van der Waals surface area contributed by atoms with E-state index < -0.39 is 0 Å². The lowest BCUT2D eigenvalue weighted by molar-refractivity contribution is 0.0993. The minimum atomic E-state index is -0.0580. The van der Waals surface area contributed by atoms with E-state index in [4.69, 9.17) is 5.26 Å². The first-order valence-corrected chi connectivity index (χ1v) is 6.53. The van der Waals surface area contributed by atoms with Crippen molar-refractivity contribution in [1.82, 2.24) is 0 Å². The molecule has 0 fully saturated rings. The topological polar surface area (TPSA) is 44.1 Å². The number of aryl methyl sites for hydroxylation is 1. The summed E-state index contributed by atoms with van der Waals surface area (Å²) in [5.41, 5.74) is 3.23. The molecule has 0 N–H and O–H groups in total. The Morgan fingerprint density at radius 2 is 1.70 bits per heavy atom. The lowest BCUT2D eigenvalue weighted by atomic mass is 10.1. The van der Waals surface area contributed by atoms with Gasteiger partial charge in [-0.05, 0) is 48.4 Å². The van der Waals surface area contributed by atoms with E-state index >= 15 is 0 Å². The molecule has 0 aliphatic heterocycles. The smallest absolute Gasteiger partial charge is 0.258 e. The molecule has 0 atom stereocenters. The van der Waals surface area contributed by atoms with Gasteiger partial charge < -0.3 is 4.90 Å². The van der Waals surface area contributed by atoms with E-state index in [1.807, 2.05) is 24.3 Å². The Hall–Kier alpha value is -2.60. The van der Waals surface area contributed by atoms with Crippen LogP contribution in [0.2, 0.25) is 0 Å². The second kappa shape index (κ2) is 6.03. The van der Waals surface area contributed by atoms with Crippen molar-refractivity contribution >= 4 is 11.6 Å². The van der Waals surface area contributed by atoms with Crippen molar-refractivity contribution in [3.8, 4) is 6.07 Å². The molecule has 20 heavy (non-hydrogen) atoms. The number of benzene rings is 2. The molecule has 0 saturated carbocycles. The molecule has 0 aliphatic rings. The fraction of sp³-hybridized carbons (Fsp3) is 0.176. The van der Waals surface area contributed by atoms with Crippen LogP contribution >= 0.6 is 0 Å². The summed E-state index contributed by atoms with van der Waals surface area (Å²) in [5.74, 6) is -0.0580. The first-order chi connectivity index (χ1) is 9.65. The van der Waals surface area contributed by atoms with Gasteiger partial charge in [-0.25, -0.2) is 0 Å². The highest BCUT2D eigenvalue weighted by Crippen LogP contribution is 2.16. The second-order valence-electron chi connectivity index (χ2n) is 4.57. The molecular formula is C17H16N2O. The van der Waals surface area contributed by atoms with Gasteiger partial charge in [0.25, 0.3) is 5.91 Å². The van der Waals surface area contributed by atoms with Crippen LogP contribution in [0.3, 0.4) is 0 Å². The predicted molar refractivity (Wildman–Crippen MR) is 79.7 cm³/mol. The molecule has 2 aromatic rings. The zero-order chi connectivity index (χ0) is 14.5. The summed E-state index contributed by atoms with van der Waals surface area (Å²) in [6, 6.07) is 16.7. The quantitative estimate of drug-likeness (QED) is 0.852. The molecule has 0 aliphatic carbocycles. The monoisotopic (exact) mass is 264 g/mol. The number of hydrogen-bond donors (Lipinski definition) is 0. The van der Waals surface area contributed by atoms with Crippen molar-refractivity contribution in [2.45, 2.75) is 13.3 Å². The van der Waals surface area contributed by atoms with Crippen molar-refractivity contribution in [3.63, 3.8) is 0 Å². The third kappa shape index (κ3) is 2.86. The SMILES string of the molecule is CCc1ccc(C(=O)N(C)c2ccc(C#N)cc2)cc1. The molecule has 2 rings (SSSR count). The lowest BCUT2D eigenvalue weighted by Crippen LogP contribution is -2.26. The van der Waals surface area contributed by atoms with Crippen molar-refractivity contribution in [3.05, 3.63) is 65.2 Å². The number of anilines is 1. The van der Waals surface area contributed by atoms with Gasteiger partial charge in [0.1, 0.15) is 0 Å². The van der Waals surface area contributed by atoms with Crippen LogP contribution in [0.15, 0.2) is 48.5 Å². The molecule has 0 saturated heterocycles. The number of amides is 1. The molecule has 0 bridgehead atoms. The zero-order valence-electron chi connectivity index (χ0n) is 11.6. The van der Waals surface area contributed by atoms with Crippen molar-refractivity contribution in [2.24, 2.45) is 0 Å². The Morgan fingerprint density at radius 1 is 1.10 bits per heavy atom. The molecule has 3 nitrogen and oxygen atoms in total. The van der Waals surface area contributed by atoms with Gasteiger partial charge in [0.15, 0.2) is 0 Å². The first-order valence-electron chi connectivity index (χ1n) is 6.53. The summed E-state index contributed by atoms with van der Waals surface area (Å²) in [7, 11) is 1.73. The van der Waals surface area contributed by atoms with Gasteiger partial charge in [-0.3, -0.25) is 4.79 Å². The maximum atomic E-state index is 12.4. The zero-order valence-corrected chi connectivity index (χ0v) is 11.6. The number of hydrogen-bond acceptors (Lipinski definition) is 2. The average Bonchev–Trinajstić information content (AvgIpc) is 2.53. The third-order valence-corrected chi connectivity index (χ3v) is 3.30. The summed E-state index contributed by atoms with van der Waals surface area (Å²) >= 11 is 0. The molecule has 0 heterocycles. The Bertz CT molecular complexity index is 636. The Morgan fingerprint density at radius 3 is 2.20 bits per heavy atom. The molecule has 0 spiro atoms. The molecule has 3 heteroatoms. The van der Waals surface area contributed by atoms with E-state index in [2.05, 4.69) is 13.0 Å². The van der Waals surface area contributed by atoms with Gasteiger partial charge in [0.2, 0.25) is 0 Å². The number of carbonyl (C=O) groups is 1. The largest absolute Gasteiger partial charge is 0.311 e. The van der Waals surface area contributed by atoms with Crippen LogP contribution in [0, 0.1) is 11.3 Å². The van der Waals surface area contributed by atoms with Crippen LogP contribution < -0.4 is 4.90 Å². The molecule has 0 aromatic heterocycles. The Balaban J connectivity index is 2.20. The number of nitrogens with zero attached hydrogens (tertiary/aromatic N) is 2. The van der Waals surface area contributed by atoms with Crippen molar-refractivity contribution in [2.75, 3.05) is 11.9 Å². The molecular weight excluding hydrogens is 248 g/mol. The van der Waals surface area contributed by atoms with Gasteiger partial charge in [0.05, 0.1) is 11.6 Å².